The Labute approximate surface area is 131 Å². The normalized spacial score (nSPS) is 14.4. The Bertz CT molecular complexity index is 525. The molecule has 1 aliphatic heterocycles. The van der Waals surface area contributed by atoms with Crippen LogP contribution in [0.5, 0.6) is 0 Å². The molecule has 6 heteroatoms. The summed E-state index contributed by atoms with van der Waals surface area (Å²) in [6.45, 7) is 3.08. The summed E-state index contributed by atoms with van der Waals surface area (Å²) in [4.78, 5) is 32.4. The molecular weight excluding hydrogens is 280 g/mol. The van der Waals surface area contributed by atoms with Gasteiger partial charge in [-0.2, -0.15) is 0 Å². The van der Waals surface area contributed by atoms with E-state index in [1.807, 2.05) is 14.1 Å². The zero-order chi connectivity index (χ0) is 15.9. The lowest BCUT2D eigenvalue weighted by atomic mass is 10.2. The van der Waals surface area contributed by atoms with Gasteiger partial charge in [0.15, 0.2) is 0 Å². The third-order valence-electron chi connectivity index (χ3n) is 3.66. The van der Waals surface area contributed by atoms with E-state index in [0.717, 1.165) is 38.9 Å². The van der Waals surface area contributed by atoms with Crippen LogP contribution in [0, 0.1) is 0 Å². The second kappa shape index (κ2) is 7.89. The van der Waals surface area contributed by atoms with Gasteiger partial charge in [0.1, 0.15) is 11.4 Å². The molecule has 2 rings (SSSR count). The first-order chi connectivity index (χ1) is 10.6. The lowest BCUT2D eigenvalue weighted by Crippen LogP contribution is -2.30. The van der Waals surface area contributed by atoms with Gasteiger partial charge in [-0.15, -0.1) is 0 Å². The number of hydrogen-bond acceptors (Lipinski definition) is 4. The van der Waals surface area contributed by atoms with Crippen LogP contribution < -0.4 is 5.32 Å². The molecule has 1 aromatic heterocycles. The molecule has 1 N–H and O–H groups in total. The highest BCUT2D eigenvalue weighted by molar-refractivity contribution is 5.96. The zero-order valence-electron chi connectivity index (χ0n) is 13.3. The van der Waals surface area contributed by atoms with Crippen molar-refractivity contribution in [2.24, 2.45) is 0 Å². The number of amides is 2. The fourth-order valence-electron chi connectivity index (χ4n) is 2.45. The van der Waals surface area contributed by atoms with Crippen LogP contribution in [0.2, 0.25) is 0 Å². The van der Waals surface area contributed by atoms with Crippen LogP contribution in [0.15, 0.2) is 18.2 Å². The number of carbonyl (C=O) groups excluding carboxylic acids is 2. The lowest BCUT2D eigenvalue weighted by molar-refractivity contribution is 0.0787. The van der Waals surface area contributed by atoms with Crippen molar-refractivity contribution in [2.45, 2.75) is 19.3 Å². The molecule has 22 heavy (non-hydrogen) atoms. The molecule has 0 unspecified atom stereocenters. The molecule has 1 aliphatic rings. The van der Waals surface area contributed by atoms with Gasteiger partial charge in [-0.3, -0.25) is 9.59 Å². The number of aromatic nitrogens is 1. The van der Waals surface area contributed by atoms with Gasteiger partial charge < -0.3 is 15.1 Å². The summed E-state index contributed by atoms with van der Waals surface area (Å²) in [6, 6.07) is 5.02. The first kappa shape index (κ1) is 16.4. The highest BCUT2D eigenvalue weighted by atomic mass is 16.2. The minimum absolute atomic E-state index is 0.0836. The number of pyridine rings is 1. The van der Waals surface area contributed by atoms with Gasteiger partial charge in [-0.1, -0.05) is 6.07 Å². The van der Waals surface area contributed by atoms with E-state index in [0.29, 0.717) is 17.9 Å². The first-order valence-electron chi connectivity index (χ1n) is 7.77. The monoisotopic (exact) mass is 304 g/mol. The largest absolute Gasteiger partial charge is 0.351 e. The van der Waals surface area contributed by atoms with Gasteiger partial charge >= 0.3 is 0 Å². The van der Waals surface area contributed by atoms with Gasteiger partial charge in [0.2, 0.25) is 0 Å². The number of hydrogen-bond donors (Lipinski definition) is 1. The van der Waals surface area contributed by atoms with Crippen LogP contribution in [-0.4, -0.2) is 66.9 Å². The molecule has 1 saturated heterocycles. The Balaban J connectivity index is 1.92. The topological polar surface area (TPSA) is 65.5 Å². The van der Waals surface area contributed by atoms with Crippen molar-refractivity contribution in [3.63, 3.8) is 0 Å². The minimum atomic E-state index is -0.227. The number of nitrogens with zero attached hydrogens (tertiary/aromatic N) is 3. The average Bonchev–Trinajstić information content (AvgIpc) is 3.05. The van der Waals surface area contributed by atoms with Crippen LogP contribution in [0.25, 0.3) is 0 Å². The second-order valence-corrected chi connectivity index (χ2v) is 5.82. The third kappa shape index (κ3) is 4.53. The fourth-order valence-corrected chi connectivity index (χ4v) is 2.45. The van der Waals surface area contributed by atoms with Crippen LogP contribution in [0.4, 0.5) is 0 Å². The molecule has 1 aromatic rings. The number of rotatable bonds is 6. The van der Waals surface area contributed by atoms with Crippen molar-refractivity contribution in [2.75, 3.05) is 40.3 Å². The zero-order valence-corrected chi connectivity index (χ0v) is 13.3. The number of carbonyl (C=O) groups is 2. The predicted octanol–water partition coefficient (Wildman–Crippen LogP) is 0.999. The SMILES string of the molecule is CN(C)CCCNC(=O)c1cccc(C(=O)N2CCCC2)n1. The first-order valence-corrected chi connectivity index (χ1v) is 7.77. The Morgan fingerprint density at radius 1 is 1.23 bits per heavy atom. The van der Waals surface area contributed by atoms with Crippen molar-refractivity contribution in [1.29, 1.82) is 0 Å². The number of nitrogens with one attached hydrogen (secondary N) is 1. The van der Waals surface area contributed by atoms with E-state index in [9.17, 15) is 9.59 Å². The Morgan fingerprint density at radius 2 is 1.91 bits per heavy atom. The maximum Gasteiger partial charge on any atom is 0.272 e. The van der Waals surface area contributed by atoms with E-state index < -0.39 is 0 Å². The smallest absolute Gasteiger partial charge is 0.272 e. The van der Waals surface area contributed by atoms with Crippen LogP contribution in [0.3, 0.4) is 0 Å². The maximum atomic E-state index is 12.3. The summed E-state index contributed by atoms with van der Waals surface area (Å²) in [7, 11) is 3.99. The van der Waals surface area contributed by atoms with Gasteiger partial charge in [-0.25, -0.2) is 4.98 Å². The Hall–Kier alpha value is -1.95. The molecule has 1 fully saturated rings. The molecule has 120 valence electrons. The fraction of sp³-hybridized carbons (Fsp3) is 0.562. The molecule has 0 aliphatic carbocycles. The van der Waals surface area contributed by atoms with Crippen molar-refractivity contribution < 1.29 is 9.59 Å². The van der Waals surface area contributed by atoms with Crippen molar-refractivity contribution in [1.82, 2.24) is 20.1 Å². The summed E-state index contributed by atoms with van der Waals surface area (Å²) in [5, 5.41) is 2.84. The standard InChI is InChI=1S/C16H24N4O2/c1-19(2)10-6-9-17-15(21)13-7-5-8-14(18-13)16(22)20-11-3-4-12-20/h5,7-8H,3-4,6,9-12H2,1-2H3,(H,17,21). The summed E-state index contributed by atoms with van der Waals surface area (Å²) in [6.07, 6.45) is 2.96. The number of likely N-dealkylation sites (tertiary alicyclic amines) is 1. The van der Waals surface area contributed by atoms with Gasteiger partial charge in [-0.05, 0) is 52.0 Å². The molecule has 0 bridgehead atoms. The van der Waals surface area contributed by atoms with Crippen molar-refractivity contribution in [3.8, 4) is 0 Å². The van der Waals surface area contributed by atoms with Crippen LogP contribution >= 0.6 is 0 Å². The molecule has 6 nitrogen and oxygen atoms in total. The van der Waals surface area contributed by atoms with Crippen LogP contribution in [0.1, 0.15) is 40.2 Å². The molecule has 0 saturated carbocycles. The van der Waals surface area contributed by atoms with E-state index in [-0.39, 0.29) is 11.8 Å². The van der Waals surface area contributed by atoms with Crippen LogP contribution in [-0.2, 0) is 0 Å². The molecule has 0 aromatic carbocycles. The van der Waals surface area contributed by atoms with E-state index in [4.69, 9.17) is 0 Å². The summed E-state index contributed by atoms with van der Waals surface area (Å²) < 4.78 is 0. The van der Waals surface area contributed by atoms with E-state index in [1.54, 1.807) is 23.1 Å². The van der Waals surface area contributed by atoms with Crippen molar-refractivity contribution in [3.05, 3.63) is 29.6 Å². The molecular formula is C16H24N4O2. The van der Waals surface area contributed by atoms with Gasteiger partial charge in [0.25, 0.3) is 11.8 Å². The van der Waals surface area contributed by atoms with E-state index in [1.165, 1.54) is 0 Å². The minimum Gasteiger partial charge on any atom is -0.351 e. The highest BCUT2D eigenvalue weighted by Gasteiger charge is 2.21. The Morgan fingerprint density at radius 3 is 2.59 bits per heavy atom. The molecule has 2 amide bonds. The molecule has 2 heterocycles. The summed E-state index contributed by atoms with van der Waals surface area (Å²) >= 11 is 0. The Kier molecular flexibility index (Phi) is 5.89. The lowest BCUT2D eigenvalue weighted by Gasteiger charge is -2.15. The second-order valence-electron chi connectivity index (χ2n) is 5.82. The van der Waals surface area contributed by atoms with Gasteiger partial charge in [0, 0.05) is 19.6 Å². The highest BCUT2D eigenvalue weighted by Crippen LogP contribution is 2.11. The van der Waals surface area contributed by atoms with Crippen molar-refractivity contribution >= 4 is 11.8 Å². The average molecular weight is 304 g/mol. The summed E-state index contributed by atoms with van der Waals surface area (Å²) in [5.41, 5.74) is 0.651. The maximum absolute atomic E-state index is 12.3. The molecule has 0 atom stereocenters. The molecule has 0 spiro atoms. The van der Waals surface area contributed by atoms with E-state index >= 15 is 0 Å². The quantitative estimate of drug-likeness (QED) is 0.796. The molecule has 0 radical (unpaired) electrons. The van der Waals surface area contributed by atoms with Gasteiger partial charge in [0.05, 0.1) is 0 Å². The van der Waals surface area contributed by atoms with E-state index in [2.05, 4.69) is 15.2 Å². The third-order valence-corrected chi connectivity index (χ3v) is 3.66. The predicted molar refractivity (Wildman–Crippen MR) is 84.9 cm³/mol. The summed E-state index contributed by atoms with van der Waals surface area (Å²) in [5.74, 6) is -0.311.